The molecule has 1 aromatic heterocycles. The second kappa shape index (κ2) is 4.40. The van der Waals surface area contributed by atoms with Crippen LogP contribution in [0.25, 0.3) is 0 Å². The number of hydrogen-bond acceptors (Lipinski definition) is 5. The predicted molar refractivity (Wildman–Crippen MR) is 62.4 cm³/mol. The summed E-state index contributed by atoms with van der Waals surface area (Å²) >= 11 is 0. The number of fused-ring (bicyclic) bond motifs is 1. The minimum Gasteiger partial charge on any atom is -0.486 e. The third kappa shape index (κ3) is 2.00. The van der Waals surface area contributed by atoms with Gasteiger partial charge in [0.15, 0.2) is 17.2 Å². The van der Waals surface area contributed by atoms with Crippen molar-refractivity contribution in [2.45, 2.75) is 0 Å². The molecule has 0 saturated heterocycles. The molecule has 0 unspecified atom stereocenters. The van der Waals surface area contributed by atoms with Gasteiger partial charge in [-0.3, -0.25) is 4.79 Å². The number of benzene rings is 1. The number of nitrogens with zero attached hydrogens (tertiary/aromatic N) is 1. The predicted octanol–water partition coefficient (Wildman–Crippen LogP) is 1.33. The first-order chi connectivity index (χ1) is 8.83. The molecule has 0 atom stereocenters. The maximum Gasteiger partial charge on any atom is 0.267 e. The van der Waals surface area contributed by atoms with E-state index in [0.29, 0.717) is 36.2 Å². The first-order valence-electron chi connectivity index (χ1n) is 5.44. The van der Waals surface area contributed by atoms with Gasteiger partial charge in [-0.15, -0.1) is 0 Å². The number of ether oxygens (including phenoxy) is 3. The van der Waals surface area contributed by atoms with Gasteiger partial charge in [-0.05, 0) is 12.1 Å². The third-order valence-electron chi connectivity index (χ3n) is 2.40. The van der Waals surface area contributed by atoms with Crippen LogP contribution in [0.15, 0.2) is 35.3 Å². The van der Waals surface area contributed by atoms with E-state index in [1.165, 1.54) is 12.3 Å². The Morgan fingerprint density at radius 1 is 1.28 bits per heavy atom. The van der Waals surface area contributed by atoms with Gasteiger partial charge in [-0.1, -0.05) is 6.07 Å². The van der Waals surface area contributed by atoms with Gasteiger partial charge in [0, 0.05) is 6.07 Å². The first kappa shape index (κ1) is 10.6. The maximum absolute atomic E-state index is 11.1. The average Bonchev–Trinajstić information content (AvgIpc) is 2.39. The lowest BCUT2D eigenvalue weighted by atomic mass is 10.3. The molecule has 18 heavy (non-hydrogen) atoms. The van der Waals surface area contributed by atoms with Crippen LogP contribution >= 0.6 is 0 Å². The Balaban J connectivity index is 1.95. The molecule has 0 spiro atoms. The number of rotatable bonds is 2. The first-order valence-corrected chi connectivity index (χ1v) is 5.44. The van der Waals surface area contributed by atoms with Crippen molar-refractivity contribution >= 4 is 0 Å². The van der Waals surface area contributed by atoms with Crippen LogP contribution in [0.3, 0.4) is 0 Å². The van der Waals surface area contributed by atoms with E-state index < -0.39 is 0 Å². The van der Waals surface area contributed by atoms with Gasteiger partial charge in [0.05, 0.1) is 6.20 Å². The highest BCUT2D eigenvalue weighted by Crippen LogP contribution is 2.40. The Bertz CT molecular complexity index is 623. The summed E-state index contributed by atoms with van der Waals surface area (Å²) in [6, 6.07) is 6.66. The minimum atomic E-state index is -0.325. The van der Waals surface area contributed by atoms with E-state index in [4.69, 9.17) is 14.2 Å². The maximum atomic E-state index is 11.1. The second-order valence-electron chi connectivity index (χ2n) is 3.66. The molecule has 0 aliphatic carbocycles. The molecule has 0 radical (unpaired) electrons. The fraction of sp³-hybridized carbons (Fsp3) is 0.167. The van der Waals surface area contributed by atoms with Crippen molar-refractivity contribution in [2.75, 3.05) is 13.2 Å². The largest absolute Gasteiger partial charge is 0.486 e. The number of aromatic amines is 1. The number of para-hydroxylation sites is 1. The van der Waals surface area contributed by atoms with Crippen molar-refractivity contribution in [1.29, 1.82) is 0 Å². The summed E-state index contributed by atoms with van der Waals surface area (Å²) < 4.78 is 16.5. The molecular formula is C12H10N2O4. The zero-order chi connectivity index (χ0) is 12.4. The van der Waals surface area contributed by atoms with E-state index in [1.807, 2.05) is 0 Å². The van der Waals surface area contributed by atoms with Gasteiger partial charge in [-0.2, -0.15) is 5.10 Å². The van der Waals surface area contributed by atoms with Crippen molar-refractivity contribution in [1.82, 2.24) is 10.2 Å². The summed E-state index contributed by atoms with van der Waals surface area (Å²) in [5, 5.41) is 5.94. The lowest BCUT2D eigenvalue weighted by Crippen LogP contribution is -2.15. The van der Waals surface area contributed by atoms with Crippen LogP contribution in [0.1, 0.15) is 0 Å². The molecule has 0 bridgehead atoms. The van der Waals surface area contributed by atoms with Crippen LogP contribution in [-0.2, 0) is 0 Å². The highest BCUT2D eigenvalue weighted by Gasteiger charge is 2.17. The Morgan fingerprint density at radius 2 is 2.17 bits per heavy atom. The molecule has 2 aromatic rings. The zero-order valence-electron chi connectivity index (χ0n) is 9.38. The molecule has 6 heteroatoms. The normalized spacial score (nSPS) is 13.1. The Morgan fingerprint density at radius 3 is 3.06 bits per heavy atom. The summed E-state index contributed by atoms with van der Waals surface area (Å²) in [5.74, 6) is 2.03. The third-order valence-corrected chi connectivity index (χ3v) is 2.40. The summed E-state index contributed by atoms with van der Waals surface area (Å²) in [6.07, 6.45) is 1.42. The summed E-state index contributed by atoms with van der Waals surface area (Å²) in [4.78, 5) is 11.1. The van der Waals surface area contributed by atoms with Crippen molar-refractivity contribution in [3.63, 3.8) is 0 Å². The summed E-state index contributed by atoms with van der Waals surface area (Å²) in [5.41, 5.74) is -0.325. The van der Waals surface area contributed by atoms with Crippen LogP contribution in [0.5, 0.6) is 23.0 Å². The van der Waals surface area contributed by atoms with Crippen molar-refractivity contribution in [3.05, 3.63) is 40.8 Å². The molecule has 1 aliphatic rings. The average molecular weight is 246 g/mol. The summed E-state index contributed by atoms with van der Waals surface area (Å²) in [6.45, 7) is 0.990. The molecule has 0 fully saturated rings. The highest BCUT2D eigenvalue weighted by molar-refractivity contribution is 5.53. The highest BCUT2D eigenvalue weighted by atomic mass is 16.6. The van der Waals surface area contributed by atoms with Gasteiger partial charge in [0.25, 0.3) is 5.56 Å². The smallest absolute Gasteiger partial charge is 0.267 e. The van der Waals surface area contributed by atoms with E-state index in [0.717, 1.165) is 0 Å². The van der Waals surface area contributed by atoms with E-state index in [2.05, 4.69) is 10.2 Å². The van der Waals surface area contributed by atoms with Gasteiger partial charge >= 0.3 is 0 Å². The number of hydrogen-bond donors (Lipinski definition) is 1. The molecule has 1 N–H and O–H groups in total. The van der Waals surface area contributed by atoms with Crippen molar-refractivity contribution < 1.29 is 14.2 Å². The Kier molecular flexibility index (Phi) is 2.60. The molecule has 1 aromatic carbocycles. The molecule has 0 amide bonds. The zero-order valence-corrected chi connectivity index (χ0v) is 9.38. The molecule has 0 saturated carbocycles. The molecule has 92 valence electrons. The van der Waals surface area contributed by atoms with Crippen molar-refractivity contribution in [2.24, 2.45) is 0 Å². The van der Waals surface area contributed by atoms with Crippen LogP contribution in [0.4, 0.5) is 0 Å². The molecule has 3 rings (SSSR count). The van der Waals surface area contributed by atoms with E-state index in [-0.39, 0.29) is 5.56 Å². The van der Waals surface area contributed by atoms with E-state index in [1.54, 1.807) is 18.2 Å². The summed E-state index contributed by atoms with van der Waals surface area (Å²) in [7, 11) is 0. The number of nitrogens with one attached hydrogen (secondary N) is 1. The standard InChI is InChI=1S/C12H10N2O4/c15-11-6-8(7-13-14-11)18-10-3-1-2-9-12(10)17-5-4-16-9/h1-3,6-7H,4-5H2,(H,14,15). The minimum absolute atomic E-state index is 0.325. The van der Waals surface area contributed by atoms with E-state index >= 15 is 0 Å². The van der Waals surface area contributed by atoms with Gasteiger partial charge in [0.2, 0.25) is 5.75 Å². The fourth-order valence-corrected chi connectivity index (χ4v) is 1.67. The van der Waals surface area contributed by atoms with Crippen LogP contribution < -0.4 is 19.8 Å². The molecule has 1 aliphatic heterocycles. The van der Waals surface area contributed by atoms with Crippen LogP contribution in [0.2, 0.25) is 0 Å². The monoisotopic (exact) mass is 246 g/mol. The fourth-order valence-electron chi connectivity index (χ4n) is 1.67. The van der Waals surface area contributed by atoms with Gasteiger partial charge in [-0.25, -0.2) is 5.10 Å². The van der Waals surface area contributed by atoms with Crippen molar-refractivity contribution in [3.8, 4) is 23.0 Å². The molecular weight excluding hydrogens is 236 g/mol. The van der Waals surface area contributed by atoms with Gasteiger partial charge in [0.1, 0.15) is 13.2 Å². The Hall–Kier alpha value is -2.50. The number of H-pyrrole nitrogens is 1. The second-order valence-corrected chi connectivity index (χ2v) is 3.66. The lowest BCUT2D eigenvalue weighted by molar-refractivity contribution is 0.166. The van der Waals surface area contributed by atoms with Crippen LogP contribution in [-0.4, -0.2) is 23.4 Å². The van der Waals surface area contributed by atoms with Gasteiger partial charge < -0.3 is 14.2 Å². The topological polar surface area (TPSA) is 73.4 Å². The number of aromatic nitrogens is 2. The molecule has 2 heterocycles. The van der Waals surface area contributed by atoms with Crippen LogP contribution in [0, 0.1) is 0 Å². The van der Waals surface area contributed by atoms with E-state index in [9.17, 15) is 4.79 Å². The quantitative estimate of drug-likeness (QED) is 0.865. The molecule has 6 nitrogen and oxygen atoms in total. The lowest BCUT2D eigenvalue weighted by Gasteiger charge is -2.20. The SMILES string of the molecule is O=c1cc(Oc2cccc3c2OCCO3)cn[nH]1. The Labute approximate surface area is 102 Å².